The minimum Gasteiger partial charge on any atom is -0.469 e. The molecule has 3 amide bonds. The third kappa shape index (κ3) is 14.8. The monoisotopic (exact) mass is 870 g/mol. The van der Waals surface area contributed by atoms with E-state index < -0.39 is 48.0 Å². The van der Waals surface area contributed by atoms with Gasteiger partial charge in [0, 0.05) is 78.3 Å². The number of ketones is 3. The molecule has 62 heavy (non-hydrogen) atoms. The van der Waals surface area contributed by atoms with Gasteiger partial charge in [-0.2, -0.15) is 0 Å². The summed E-state index contributed by atoms with van der Waals surface area (Å²) in [6.07, 6.45) is 1.11. The van der Waals surface area contributed by atoms with E-state index >= 15 is 0 Å². The highest BCUT2D eigenvalue weighted by Gasteiger charge is 2.44. The molecule has 0 bridgehead atoms. The zero-order valence-electron chi connectivity index (χ0n) is 40.3. The minimum absolute atomic E-state index is 0.0119. The van der Waals surface area contributed by atoms with E-state index in [0.29, 0.717) is 25.8 Å². The molecule has 0 aromatic heterocycles. The van der Waals surface area contributed by atoms with Crippen LogP contribution in [0.1, 0.15) is 119 Å². The van der Waals surface area contributed by atoms with Crippen molar-refractivity contribution in [3.8, 4) is 0 Å². The summed E-state index contributed by atoms with van der Waals surface area (Å²) in [5.74, 6) is -4.22. The predicted octanol–water partition coefficient (Wildman–Crippen LogP) is 6.62. The van der Waals surface area contributed by atoms with Gasteiger partial charge in [-0.1, -0.05) is 99.1 Å². The summed E-state index contributed by atoms with van der Waals surface area (Å²) < 4.78 is 17.1. The highest BCUT2D eigenvalue weighted by molar-refractivity contribution is 5.94. The molecule has 1 heterocycles. The Morgan fingerprint density at radius 3 is 1.90 bits per heavy atom. The van der Waals surface area contributed by atoms with Gasteiger partial charge in [0.05, 0.1) is 49.8 Å². The fraction of sp³-hybridized carbons (Fsp3) is 0.735. The molecule has 13 heteroatoms. The summed E-state index contributed by atoms with van der Waals surface area (Å²) in [6, 6.07) is 7.82. The Labute approximate surface area is 372 Å². The summed E-state index contributed by atoms with van der Waals surface area (Å²) in [5.41, 5.74) is 0.923. The van der Waals surface area contributed by atoms with Gasteiger partial charge in [-0.15, -0.1) is 0 Å². The Morgan fingerprint density at radius 1 is 0.758 bits per heavy atom. The smallest absolute Gasteiger partial charge is 0.309 e. The van der Waals surface area contributed by atoms with Gasteiger partial charge < -0.3 is 28.9 Å². The number of methoxy groups -OCH3 is 3. The van der Waals surface area contributed by atoms with E-state index in [-0.39, 0.29) is 96.9 Å². The van der Waals surface area contributed by atoms with Gasteiger partial charge in [0.15, 0.2) is 5.78 Å². The molecule has 1 saturated heterocycles. The first-order valence-electron chi connectivity index (χ1n) is 22.7. The van der Waals surface area contributed by atoms with Crippen LogP contribution < -0.4 is 0 Å². The molecule has 0 spiro atoms. The number of carbonyl (C=O) groups excluding carboxylic acids is 7. The maximum absolute atomic E-state index is 14.6. The summed E-state index contributed by atoms with van der Waals surface area (Å²) in [6.45, 7) is 17.4. The molecule has 9 atom stereocenters. The van der Waals surface area contributed by atoms with Crippen molar-refractivity contribution in [3.63, 3.8) is 0 Å². The van der Waals surface area contributed by atoms with Gasteiger partial charge in [0.25, 0.3) is 0 Å². The molecular formula is C49H79N3O10. The molecule has 1 aromatic rings. The average Bonchev–Trinajstić information content (AvgIpc) is 3.73. The average molecular weight is 870 g/mol. The summed E-state index contributed by atoms with van der Waals surface area (Å²) in [5, 5.41) is 0. The number of likely N-dealkylation sites (tertiary alicyclic amines) is 1. The first-order valence-corrected chi connectivity index (χ1v) is 22.7. The van der Waals surface area contributed by atoms with Crippen LogP contribution in [0.3, 0.4) is 0 Å². The van der Waals surface area contributed by atoms with Crippen LogP contribution in [-0.4, -0.2) is 128 Å². The molecule has 0 saturated carbocycles. The number of likely N-dealkylation sites (N-methyl/N-ethyl adjacent to an activating group) is 2. The van der Waals surface area contributed by atoms with E-state index in [0.717, 1.165) is 12.0 Å². The fourth-order valence-electron chi connectivity index (χ4n) is 9.17. The van der Waals surface area contributed by atoms with E-state index in [9.17, 15) is 33.6 Å². The molecule has 0 unspecified atom stereocenters. The van der Waals surface area contributed by atoms with E-state index in [1.807, 2.05) is 71.9 Å². The van der Waals surface area contributed by atoms with Crippen molar-refractivity contribution in [3.05, 3.63) is 35.9 Å². The number of hydrogen-bond acceptors (Lipinski definition) is 10. The van der Waals surface area contributed by atoms with Crippen LogP contribution in [0.15, 0.2) is 30.3 Å². The van der Waals surface area contributed by atoms with E-state index in [4.69, 9.17) is 14.2 Å². The third-order valence-corrected chi connectivity index (χ3v) is 13.2. The minimum atomic E-state index is -0.767. The molecule has 1 aliphatic heterocycles. The molecule has 2 rings (SSSR count). The molecule has 13 nitrogen and oxygen atoms in total. The molecule has 0 aliphatic carbocycles. The predicted molar refractivity (Wildman–Crippen MR) is 240 cm³/mol. The first-order chi connectivity index (χ1) is 29.2. The maximum atomic E-state index is 14.6. The highest BCUT2D eigenvalue weighted by Crippen LogP contribution is 2.32. The number of benzene rings is 1. The van der Waals surface area contributed by atoms with Crippen LogP contribution in [0.25, 0.3) is 0 Å². The molecule has 0 radical (unpaired) electrons. The van der Waals surface area contributed by atoms with Crippen molar-refractivity contribution < 1.29 is 47.8 Å². The lowest BCUT2D eigenvalue weighted by Gasteiger charge is -2.41. The van der Waals surface area contributed by atoms with Crippen LogP contribution in [-0.2, 0) is 54.2 Å². The second-order valence-electron chi connectivity index (χ2n) is 18.5. The topological polar surface area (TPSA) is 157 Å². The Bertz CT molecular complexity index is 1630. The standard InChI is InChI=1S/C49H79N3O10/c1-15-33(8)46(51(11)48(58)37(30(2)3)28-41(55)45(32(6)7)50(10)43(56)24-23-39(53)31(4)5)42(60-12)29-44(57)52-25-19-22-38(52)47(61-13)34(9)40(54)27-36(49(59)62-14)26-35-20-17-16-18-21-35/h16-18,20-21,30-34,36-38,42,45-47H,15,19,22-29H2,1-14H3/t33-,34-,36+,37-,38-,42+,45-,46-,47+/m0/s1. The van der Waals surface area contributed by atoms with Crippen molar-refractivity contribution in [2.24, 2.45) is 41.4 Å². The Kier molecular flexibility index (Phi) is 22.7. The number of rotatable bonds is 27. The first kappa shape index (κ1) is 54.2. The number of amides is 3. The zero-order chi connectivity index (χ0) is 47.0. The number of esters is 1. The Morgan fingerprint density at radius 2 is 1.39 bits per heavy atom. The van der Waals surface area contributed by atoms with Crippen LogP contribution in [0.5, 0.6) is 0 Å². The van der Waals surface area contributed by atoms with Crippen LogP contribution >= 0.6 is 0 Å². The van der Waals surface area contributed by atoms with E-state index in [1.54, 1.807) is 51.8 Å². The van der Waals surface area contributed by atoms with E-state index in [1.165, 1.54) is 19.1 Å². The third-order valence-electron chi connectivity index (χ3n) is 13.2. The largest absolute Gasteiger partial charge is 0.469 e. The molecule has 350 valence electrons. The van der Waals surface area contributed by atoms with Crippen LogP contribution in [0.4, 0.5) is 0 Å². The van der Waals surface area contributed by atoms with Gasteiger partial charge in [0.2, 0.25) is 17.7 Å². The van der Waals surface area contributed by atoms with Crippen molar-refractivity contribution in [1.82, 2.24) is 14.7 Å². The van der Waals surface area contributed by atoms with Crippen molar-refractivity contribution >= 4 is 41.0 Å². The lowest BCUT2D eigenvalue weighted by Crippen LogP contribution is -2.54. The lowest BCUT2D eigenvalue weighted by molar-refractivity contribution is -0.150. The Hall–Kier alpha value is -3.97. The van der Waals surface area contributed by atoms with Gasteiger partial charge in [0.1, 0.15) is 11.6 Å². The quantitative estimate of drug-likeness (QED) is 0.0882. The highest BCUT2D eigenvalue weighted by atomic mass is 16.5. The van der Waals surface area contributed by atoms with Gasteiger partial charge in [-0.25, -0.2) is 0 Å². The van der Waals surface area contributed by atoms with E-state index in [2.05, 4.69) is 0 Å². The van der Waals surface area contributed by atoms with Crippen molar-refractivity contribution in [2.45, 2.75) is 150 Å². The van der Waals surface area contributed by atoms with Crippen molar-refractivity contribution in [2.75, 3.05) is 42.0 Å². The SMILES string of the molecule is CC[C@H](C)[C@@H]([C@@H](CC(=O)N1CCC[C@H]1[C@H](OC)[C@@H](C)C(=O)C[C@@H](Cc1ccccc1)C(=O)OC)OC)N(C)C(=O)[C@@H](CC(=O)[C@H](C(C)C)N(C)C(=O)CCC(=O)C(C)C)C(C)C. The van der Waals surface area contributed by atoms with Crippen molar-refractivity contribution in [1.29, 1.82) is 0 Å². The summed E-state index contributed by atoms with van der Waals surface area (Å²) >= 11 is 0. The number of carbonyl (C=O) groups is 7. The van der Waals surface area contributed by atoms with Gasteiger partial charge in [-0.3, -0.25) is 33.6 Å². The number of hydrogen-bond donors (Lipinski definition) is 0. The fourth-order valence-corrected chi connectivity index (χ4v) is 9.17. The van der Waals surface area contributed by atoms with Crippen LogP contribution in [0.2, 0.25) is 0 Å². The second-order valence-corrected chi connectivity index (χ2v) is 18.5. The summed E-state index contributed by atoms with van der Waals surface area (Å²) in [4.78, 5) is 99.9. The number of nitrogens with zero attached hydrogens (tertiary/aromatic N) is 3. The molecule has 0 N–H and O–H groups in total. The lowest BCUT2D eigenvalue weighted by atomic mass is 9.83. The molecular weight excluding hydrogens is 791 g/mol. The second kappa shape index (κ2) is 26.0. The number of ether oxygens (including phenoxy) is 3. The Balaban J connectivity index is 2.30. The summed E-state index contributed by atoms with van der Waals surface area (Å²) in [7, 11) is 7.70. The normalized spacial score (nSPS) is 18.1. The molecule has 1 aliphatic rings. The van der Waals surface area contributed by atoms with Gasteiger partial charge in [-0.05, 0) is 42.6 Å². The molecule has 1 aromatic carbocycles. The number of Topliss-reactive ketones (excluding diaryl/α,β-unsaturated/α-hetero) is 3. The van der Waals surface area contributed by atoms with Crippen LogP contribution in [0, 0.1) is 41.4 Å². The van der Waals surface area contributed by atoms with Gasteiger partial charge >= 0.3 is 5.97 Å². The molecule has 1 fully saturated rings. The maximum Gasteiger partial charge on any atom is 0.309 e. The zero-order valence-corrected chi connectivity index (χ0v) is 40.3.